The Morgan fingerprint density at radius 2 is 2.03 bits per heavy atom. The Morgan fingerprint density at radius 3 is 2.84 bits per heavy atom. The highest BCUT2D eigenvalue weighted by molar-refractivity contribution is 6.32. The van der Waals surface area contributed by atoms with E-state index in [0.29, 0.717) is 47.3 Å². The number of anilines is 3. The average molecular weight is 521 g/mol. The third-order valence-corrected chi connectivity index (χ3v) is 6.59. The smallest absolute Gasteiger partial charge is 0.144 e. The molecular weight excluding hydrogens is 492 g/mol. The number of morpholine rings is 1. The minimum atomic E-state index is 0.332. The Labute approximate surface area is 220 Å². The zero-order valence-corrected chi connectivity index (χ0v) is 21.3. The van der Waals surface area contributed by atoms with Crippen LogP contribution in [-0.4, -0.2) is 59.3 Å². The summed E-state index contributed by atoms with van der Waals surface area (Å²) in [5.74, 6) is 1.79. The molecule has 1 aliphatic heterocycles. The first kappa shape index (κ1) is 25.0. The van der Waals surface area contributed by atoms with Crippen molar-refractivity contribution in [1.82, 2.24) is 19.9 Å². The van der Waals surface area contributed by atoms with E-state index in [2.05, 4.69) is 32.2 Å². The summed E-state index contributed by atoms with van der Waals surface area (Å²) in [6, 6.07) is 15.2. The van der Waals surface area contributed by atoms with Gasteiger partial charge in [-0.05, 0) is 49.9 Å². The maximum Gasteiger partial charge on any atom is 0.144 e. The molecule has 2 aromatic carbocycles. The second-order valence-corrected chi connectivity index (χ2v) is 9.26. The Kier molecular flexibility index (Phi) is 7.84. The van der Waals surface area contributed by atoms with Gasteiger partial charge >= 0.3 is 0 Å². The molecule has 9 nitrogen and oxygen atoms in total. The number of nitrogens with one attached hydrogen (secondary N) is 1. The van der Waals surface area contributed by atoms with Crippen LogP contribution in [0.3, 0.4) is 0 Å². The average Bonchev–Trinajstić information content (AvgIpc) is 2.91. The number of halogens is 1. The minimum Gasteiger partial charge on any atom is -0.491 e. The van der Waals surface area contributed by atoms with E-state index in [4.69, 9.17) is 31.5 Å². The molecule has 3 N–H and O–H groups in total. The van der Waals surface area contributed by atoms with Gasteiger partial charge < -0.3 is 25.3 Å². The maximum atomic E-state index is 6.47. The number of likely N-dealkylation sites (N-methyl/N-ethyl adjacent to an activating group) is 1. The third kappa shape index (κ3) is 6.19. The van der Waals surface area contributed by atoms with E-state index in [-0.39, 0.29) is 0 Å². The van der Waals surface area contributed by atoms with Crippen molar-refractivity contribution in [3.63, 3.8) is 0 Å². The predicted octanol–water partition coefficient (Wildman–Crippen LogP) is 4.68. The molecule has 1 unspecified atom stereocenters. The molecule has 0 saturated carbocycles. The highest BCUT2D eigenvalue weighted by atomic mass is 35.5. The first-order chi connectivity index (χ1) is 18.1. The maximum absolute atomic E-state index is 6.47. The summed E-state index contributed by atoms with van der Waals surface area (Å²) in [5, 5.41) is 4.56. The Morgan fingerprint density at radius 1 is 1.11 bits per heavy atom. The number of ether oxygens (including phenoxy) is 3. The fourth-order valence-electron chi connectivity index (χ4n) is 4.14. The molecule has 37 heavy (non-hydrogen) atoms. The van der Waals surface area contributed by atoms with Crippen LogP contribution in [0.25, 0.3) is 10.9 Å². The lowest BCUT2D eigenvalue weighted by atomic mass is 10.1. The third-order valence-electron chi connectivity index (χ3n) is 6.29. The van der Waals surface area contributed by atoms with Crippen molar-refractivity contribution in [2.24, 2.45) is 0 Å². The van der Waals surface area contributed by atoms with Gasteiger partial charge in [-0.15, -0.1) is 0 Å². The van der Waals surface area contributed by atoms with Gasteiger partial charge in [0.25, 0.3) is 0 Å². The zero-order valence-electron chi connectivity index (χ0n) is 20.6. The second-order valence-electron chi connectivity index (χ2n) is 8.86. The van der Waals surface area contributed by atoms with Crippen molar-refractivity contribution in [3.05, 3.63) is 71.8 Å². The highest BCUT2D eigenvalue weighted by Crippen LogP contribution is 2.33. The topological polar surface area (TPSA) is 108 Å². The molecule has 0 bridgehead atoms. The Hall–Kier alpha value is -3.66. The van der Waals surface area contributed by atoms with Gasteiger partial charge in [-0.2, -0.15) is 0 Å². The van der Waals surface area contributed by atoms with E-state index in [1.165, 1.54) is 6.33 Å². The van der Waals surface area contributed by atoms with Gasteiger partial charge in [0.1, 0.15) is 30.3 Å². The second kappa shape index (κ2) is 11.6. The van der Waals surface area contributed by atoms with Crippen LogP contribution in [-0.2, 0) is 11.3 Å². The van der Waals surface area contributed by atoms with Gasteiger partial charge in [0.15, 0.2) is 0 Å². The summed E-state index contributed by atoms with van der Waals surface area (Å²) >= 11 is 6.47. The lowest BCUT2D eigenvalue weighted by Crippen LogP contribution is -2.43. The summed E-state index contributed by atoms with van der Waals surface area (Å²) < 4.78 is 17.4. The molecule has 0 spiro atoms. The van der Waals surface area contributed by atoms with Crippen molar-refractivity contribution in [2.45, 2.75) is 19.1 Å². The van der Waals surface area contributed by atoms with Crippen LogP contribution in [0.15, 0.2) is 61.1 Å². The minimum absolute atomic E-state index is 0.332. The molecule has 1 aliphatic rings. The number of nitrogens with two attached hydrogens (primary N) is 1. The molecule has 1 fully saturated rings. The van der Waals surface area contributed by atoms with Gasteiger partial charge in [-0.3, -0.25) is 9.88 Å². The summed E-state index contributed by atoms with van der Waals surface area (Å²) in [5.41, 5.74) is 9.16. The summed E-state index contributed by atoms with van der Waals surface area (Å²) in [6.07, 6.45) is 4.09. The van der Waals surface area contributed by atoms with Gasteiger partial charge in [0.2, 0.25) is 0 Å². The molecule has 1 saturated heterocycles. The number of nitrogens with zero attached hydrogens (tertiary/aromatic N) is 4. The van der Waals surface area contributed by atoms with Crippen molar-refractivity contribution in [2.75, 3.05) is 44.5 Å². The van der Waals surface area contributed by atoms with E-state index in [9.17, 15) is 0 Å². The SMILES string of the molecule is CN1CCOCC1CCOc1cc2ncnc(Nc3ccc(OCc4ccccn4)c(Cl)c3)c2cc1N. The highest BCUT2D eigenvalue weighted by Gasteiger charge is 2.19. The molecule has 10 heteroatoms. The number of benzene rings is 2. The Bertz CT molecular complexity index is 1360. The molecular formula is C27H29ClN6O3. The number of nitrogen functional groups attached to an aromatic ring is 1. The number of fused-ring (bicyclic) bond motifs is 1. The van der Waals surface area contributed by atoms with Crippen LogP contribution >= 0.6 is 11.6 Å². The Balaban J connectivity index is 1.26. The van der Waals surface area contributed by atoms with E-state index >= 15 is 0 Å². The molecule has 192 valence electrons. The normalized spacial score (nSPS) is 16.0. The first-order valence-corrected chi connectivity index (χ1v) is 12.5. The number of aromatic nitrogens is 3. The lowest BCUT2D eigenvalue weighted by molar-refractivity contribution is -0.00131. The van der Waals surface area contributed by atoms with Crippen LogP contribution in [0.2, 0.25) is 5.02 Å². The van der Waals surface area contributed by atoms with Crippen molar-refractivity contribution in [3.8, 4) is 11.5 Å². The van der Waals surface area contributed by atoms with Gasteiger partial charge in [0.05, 0.1) is 41.7 Å². The number of hydrogen-bond acceptors (Lipinski definition) is 9. The lowest BCUT2D eigenvalue weighted by Gasteiger charge is -2.32. The van der Waals surface area contributed by atoms with E-state index in [1.54, 1.807) is 12.3 Å². The molecule has 4 aromatic rings. The van der Waals surface area contributed by atoms with Crippen molar-refractivity contribution in [1.29, 1.82) is 0 Å². The van der Waals surface area contributed by atoms with Gasteiger partial charge in [-0.25, -0.2) is 9.97 Å². The summed E-state index contributed by atoms with van der Waals surface area (Å²) in [6.45, 7) is 3.30. The quantitative estimate of drug-likeness (QED) is 0.304. The largest absolute Gasteiger partial charge is 0.491 e. The van der Waals surface area contributed by atoms with E-state index in [0.717, 1.165) is 48.5 Å². The van der Waals surface area contributed by atoms with Crippen molar-refractivity contribution < 1.29 is 14.2 Å². The van der Waals surface area contributed by atoms with Gasteiger partial charge in [-0.1, -0.05) is 17.7 Å². The zero-order chi connectivity index (χ0) is 25.6. The molecule has 2 aromatic heterocycles. The van der Waals surface area contributed by atoms with Crippen LogP contribution in [0.4, 0.5) is 17.2 Å². The van der Waals surface area contributed by atoms with E-state index in [1.807, 2.05) is 42.5 Å². The molecule has 5 rings (SSSR count). The first-order valence-electron chi connectivity index (χ1n) is 12.1. The van der Waals surface area contributed by atoms with Crippen LogP contribution in [0.1, 0.15) is 12.1 Å². The van der Waals surface area contributed by atoms with Gasteiger partial charge in [0, 0.05) is 35.9 Å². The monoisotopic (exact) mass is 520 g/mol. The summed E-state index contributed by atoms with van der Waals surface area (Å²) in [7, 11) is 2.11. The number of rotatable bonds is 9. The summed E-state index contributed by atoms with van der Waals surface area (Å²) in [4.78, 5) is 15.4. The van der Waals surface area contributed by atoms with Crippen molar-refractivity contribution >= 4 is 39.7 Å². The molecule has 0 amide bonds. The number of pyridine rings is 1. The molecule has 0 aliphatic carbocycles. The fraction of sp³-hybridized carbons (Fsp3) is 0.296. The van der Waals surface area contributed by atoms with Crippen LogP contribution < -0.4 is 20.5 Å². The molecule has 0 radical (unpaired) electrons. The number of hydrogen-bond donors (Lipinski definition) is 2. The predicted molar refractivity (Wildman–Crippen MR) is 145 cm³/mol. The molecule has 3 heterocycles. The molecule has 1 atom stereocenters. The standard InChI is InChI=1S/C27H29ClN6O3/c1-34-9-11-35-16-20(34)7-10-36-26-14-24-21(13-23(26)29)27(32-17-31-24)33-18-5-6-25(22(28)12-18)37-15-19-4-2-3-8-30-19/h2-6,8,12-14,17,20H,7,9-11,15-16,29H2,1H3,(H,31,32,33). The van der Waals surface area contributed by atoms with Crippen LogP contribution in [0.5, 0.6) is 11.5 Å². The van der Waals surface area contributed by atoms with E-state index < -0.39 is 0 Å². The fourth-order valence-corrected chi connectivity index (χ4v) is 4.37. The van der Waals surface area contributed by atoms with Crippen LogP contribution in [0, 0.1) is 0 Å².